The van der Waals surface area contributed by atoms with E-state index in [0.717, 1.165) is 16.1 Å². The van der Waals surface area contributed by atoms with Crippen molar-refractivity contribution in [2.24, 2.45) is 5.92 Å². The summed E-state index contributed by atoms with van der Waals surface area (Å²) in [5, 5.41) is 3.51. The fourth-order valence-corrected chi connectivity index (χ4v) is 5.83. The maximum absolute atomic E-state index is 14.1. The zero-order chi connectivity index (χ0) is 30.3. The first-order valence-electron chi connectivity index (χ1n) is 12.7. The first-order chi connectivity index (χ1) is 19.3. The number of sulfonamides is 1. The Bertz CT molecular complexity index is 1490. The maximum Gasteiger partial charge on any atom is 0.244 e. The summed E-state index contributed by atoms with van der Waals surface area (Å²) in [6, 6.07) is 17.8. The number of halogens is 4. The Morgan fingerprint density at radius 3 is 2.07 bits per heavy atom. The summed E-state index contributed by atoms with van der Waals surface area (Å²) >= 11 is 25.0. The van der Waals surface area contributed by atoms with Crippen LogP contribution in [0.1, 0.15) is 25.0 Å². The van der Waals surface area contributed by atoms with E-state index in [-0.39, 0.29) is 45.5 Å². The molecule has 2 amide bonds. The van der Waals surface area contributed by atoms with Crippen LogP contribution in [-0.2, 0) is 32.6 Å². The second kappa shape index (κ2) is 14.6. The highest BCUT2D eigenvalue weighted by Crippen LogP contribution is 2.36. The molecule has 0 aliphatic rings. The number of hydrogen-bond acceptors (Lipinski definition) is 4. The molecule has 3 aromatic rings. The van der Waals surface area contributed by atoms with E-state index in [1.807, 2.05) is 44.2 Å². The maximum atomic E-state index is 14.1. The average molecular weight is 659 g/mol. The number of rotatable bonds is 12. The van der Waals surface area contributed by atoms with E-state index in [0.29, 0.717) is 17.1 Å². The number of nitrogens with zero attached hydrogens (tertiary/aromatic N) is 2. The standard InChI is InChI=1S/C29H31Cl4N3O4S/c1-19(2)16-34-29(38)27(13-20-9-5-4-6-10-20)35(17-21-11-7-8-12-22(21)30)28(37)18-36(41(3,39)40)26-15-24(32)23(31)14-25(26)33/h4-12,14-15,19,27H,13,16-18H2,1-3H3,(H,34,38)/t27-/m1/s1. The van der Waals surface area contributed by atoms with Gasteiger partial charge in [-0.3, -0.25) is 13.9 Å². The lowest BCUT2D eigenvalue weighted by molar-refractivity contribution is -0.140. The second-order valence-electron chi connectivity index (χ2n) is 9.94. The van der Waals surface area contributed by atoms with E-state index in [9.17, 15) is 18.0 Å². The molecule has 0 unspecified atom stereocenters. The van der Waals surface area contributed by atoms with Crippen LogP contribution in [-0.4, -0.2) is 50.5 Å². The number of hydrogen-bond donors (Lipinski definition) is 1. The lowest BCUT2D eigenvalue weighted by atomic mass is 10.0. The quantitative estimate of drug-likeness (QED) is 0.226. The van der Waals surface area contributed by atoms with Crippen LogP contribution in [0, 0.1) is 5.92 Å². The van der Waals surface area contributed by atoms with Gasteiger partial charge < -0.3 is 10.2 Å². The molecule has 0 aliphatic carbocycles. The average Bonchev–Trinajstić information content (AvgIpc) is 2.91. The first-order valence-corrected chi connectivity index (χ1v) is 16.1. The molecule has 0 radical (unpaired) electrons. The molecular weight excluding hydrogens is 628 g/mol. The van der Waals surface area contributed by atoms with Gasteiger partial charge in [0.1, 0.15) is 12.6 Å². The molecular formula is C29H31Cl4N3O4S. The van der Waals surface area contributed by atoms with Gasteiger partial charge in [-0.2, -0.15) is 0 Å². The van der Waals surface area contributed by atoms with Crippen LogP contribution in [0.25, 0.3) is 0 Å². The Labute approximate surface area is 261 Å². The molecule has 0 saturated carbocycles. The third kappa shape index (κ3) is 9.25. The minimum Gasteiger partial charge on any atom is -0.354 e. The molecule has 0 fully saturated rings. The summed E-state index contributed by atoms with van der Waals surface area (Å²) in [6.07, 6.45) is 1.14. The highest BCUT2D eigenvalue weighted by Gasteiger charge is 2.34. The lowest BCUT2D eigenvalue weighted by Crippen LogP contribution is -2.53. The van der Waals surface area contributed by atoms with E-state index >= 15 is 0 Å². The number of anilines is 1. The van der Waals surface area contributed by atoms with Crippen molar-refractivity contribution in [2.75, 3.05) is 23.7 Å². The van der Waals surface area contributed by atoms with Crippen molar-refractivity contribution in [2.45, 2.75) is 32.9 Å². The predicted molar refractivity (Wildman–Crippen MR) is 167 cm³/mol. The third-order valence-corrected chi connectivity index (χ3v) is 8.71. The van der Waals surface area contributed by atoms with Crippen molar-refractivity contribution in [3.8, 4) is 0 Å². The van der Waals surface area contributed by atoms with Crippen LogP contribution in [0.3, 0.4) is 0 Å². The summed E-state index contributed by atoms with van der Waals surface area (Å²) < 4.78 is 26.7. The molecule has 7 nitrogen and oxygen atoms in total. The fourth-order valence-electron chi connectivity index (χ4n) is 4.08. The summed E-state index contributed by atoms with van der Waals surface area (Å²) in [6.45, 7) is 3.63. The van der Waals surface area contributed by atoms with Gasteiger partial charge in [0.25, 0.3) is 0 Å². The SMILES string of the molecule is CC(C)CNC(=O)[C@@H](Cc1ccccc1)N(Cc1ccccc1Cl)C(=O)CN(c1cc(Cl)c(Cl)cc1Cl)S(C)(=O)=O. The normalized spacial score (nSPS) is 12.2. The molecule has 0 aromatic heterocycles. The highest BCUT2D eigenvalue weighted by molar-refractivity contribution is 7.92. The van der Waals surface area contributed by atoms with Gasteiger partial charge in [-0.25, -0.2) is 8.42 Å². The van der Waals surface area contributed by atoms with Crippen LogP contribution >= 0.6 is 46.4 Å². The Morgan fingerprint density at radius 2 is 1.46 bits per heavy atom. The van der Waals surface area contributed by atoms with Gasteiger partial charge in [0, 0.05) is 24.5 Å². The number of benzene rings is 3. The van der Waals surface area contributed by atoms with Gasteiger partial charge in [0.2, 0.25) is 21.8 Å². The third-order valence-electron chi connectivity index (χ3n) is 6.19. The van der Waals surface area contributed by atoms with Crippen LogP contribution < -0.4 is 9.62 Å². The van der Waals surface area contributed by atoms with Crippen molar-refractivity contribution in [1.29, 1.82) is 0 Å². The molecule has 1 atom stereocenters. The van der Waals surface area contributed by atoms with Crippen molar-refractivity contribution < 1.29 is 18.0 Å². The molecule has 3 rings (SSSR count). The molecule has 0 heterocycles. The molecule has 0 bridgehead atoms. The summed E-state index contributed by atoms with van der Waals surface area (Å²) in [7, 11) is -4.03. The minimum absolute atomic E-state index is 0.00853. The highest BCUT2D eigenvalue weighted by atomic mass is 35.5. The lowest BCUT2D eigenvalue weighted by Gasteiger charge is -2.34. The molecule has 12 heteroatoms. The Hall–Kier alpha value is -2.49. The number of amides is 2. The van der Waals surface area contributed by atoms with E-state index in [2.05, 4.69) is 5.32 Å². The van der Waals surface area contributed by atoms with Crippen molar-refractivity contribution >= 4 is 73.9 Å². The first kappa shape index (κ1) is 33.0. The molecule has 0 saturated heterocycles. The zero-order valence-corrected chi connectivity index (χ0v) is 26.6. The van der Waals surface area contributed by atoms with Crippen LogP contribution in [0.4, 0.5) is 5.69 Å². The monoisotopic (exact) mass is 657 g/mol. The Kier molecular flexibility index (Phi) is 11.8. The summed E-state index contributed by atoms with van der Waals surface area (Å²) in [5.41, 5.74) is 1.40. The zero-order valence-electron chi connectivity index (χ0n) is 22.8. The Balaban J connectivity index is 2.10. The number of nitrogens with one attached hydrogen (secondary N) is 1. The molecule has 220 valence electrons. The van der Waals surface area contributed by atoms with E-state index in [1.165, 1.54) is 17.0 Å². The molecule has 1 N–H and O–H groups in total. The van der Waals surface area contributed by atoms with E-state index < -0.39 is 28.5 Å². The second-order valence-corrected chi connectivity index (χ2v) is 13.5. The van der Waals surface area contributed by atoms with Crippen LogP contribution in [0.2, 0.25) is 20.1 Å². The number of carbonyl (C=O) groups is 2. The van der Waals surface area contributed by atoms with Crippen molar-refractivity contribution in [3.05, 3.63) is 97.9 Å². The molecule has 0 spiro atoms. The van der Waals surface area contributed by atoms with Gasteiger partial charge in [-0.15, -0.1) is 0 Å². The molecule has 3 aromatic carbocycles. The van der Waals surface area contributed by atoms with Gasteiger partial charge in [-0.1, -0.05) is 109 Å². The summed E-state index contributed by atoms with van der Waals surface area (Å²) in [5.74, 6) is -0.846. The van der Waals surface area contributed by atoms with Crippen molar-refractivity contribution in [1.82, 2.24) is 10.2 Å². The topological polar surface area (TPSA) is 86.8 Å². The Morgan fingerprint density at radius 1 is 0.854 bits per heavy atom. The smallest absolute Gasteiger partial charge is 0.244 e. The van der Waals surface area contributed by atoms with E-state index in [4.69, 9.17) is 46.4 Å². The van der Waals surface area contributed by atoms with Gasteiger partial charge in [-0.05, 0) is 35.2 Å². The molecule has 41 heavy (non-hydrogen) atoms. The minimum atomic E-state index is -4.03. The van der Waals surface area contributed by atoms with Crippen LogP contribution in [0.5, 0.6) is 0 Å². The fraction of sp³-hybridized carbons (Fsp3) is 0.310. The van der Waals surface area contributed by atoms with Gasteiger partial charge >= 0.3 is 0 Å². The van der Waals surface area contributed by atoms with Gasteiger partial charge in [0.15, 0.2) is 0 Å². The van der Waals surface area contributed by atoms with Crippen LogP contribution in [0.15, 0.2) is 66.7 Å². The largest absolute Gasteiger partial charge is 0.354 e. The van der Waals surface area contributed by atoms with Gasteiger partial charge in [0.05, 0.1) is 27.0 Å². The van der Waals surface area contributed by atoms with E-state index in [1.54, 1.807) is 24.3 Å². The summed E-state index contributed by atoms with van der Waals surface area (Å²) in [4.78, 5) is 29.1. The molecule has 0 aliphatic heterocycles. The van der Waals surface area contributed by atoms with Crippen molar-refractivity contribution in [3.63, 3.8) is 0 Å². The number of carbonyl (C=O) groups excluding carboxylic acids is 2. The predicted octanol–water partition coefficient (Wildman–Crippen LogP) is 6.48.